The van der Waals surface area contributed by atoms with Gasteiger partial charge in [0, 0.05) is 16.4 Å². The third-order valence-electron chi connectivity index (χ3n) is 2.92. The summed E-state index contributed by atoms with van der Waals surface area (Å²) < 4.78 is 0. The number of aryl methyl sites for hydroxylation is 1. The van der Waals surface area contributed by atoms with E-state index < -0.39 is 0 Å². The Balaban J connectivity index is 1.70. The van der Waals surface area contributed by atoms with E-state index in [-0.39, 0.29) is 17.6 Å². The highest BCUT2D eigenvalue weighted by Gasteiger charge is 2.02. The van der Waals surface area contributed by atoms with Crippen LogP contribution in [0, 0.1) is 6.92 Å². The quantitative estimate of drug-likeness (QED) is 0.505. The molecule has 4 N–H and O–H groups in total. The van der Waals surface area contributed by atoms with Crippen molar-refractivity contribution < 1.29 is 4.79 Å². The van der Waals surface area contributed by atoms with Crippen molar-refractivity contribution in [1.82, 2.24) is 10.9 Å². The Morgan fingerprint density at radius 2 is 1.61 bits per heavy atom. The van der Waals surface area contributed by atoms with Crippen LogP contribution < -0.4 is 21.5 Å². The molecule has 5 nitrogen and oxygen atoms in total. The first kappa shape index (κ1) is 17.1. The molecule has 0 saturated carbocycles. The summed E-state index contributed by atoms with van der Waals surface area (Å²) in [4.78, 5) is 11.7. The fraction of sp³-hybridized carbons (Fsp3) is 0.125. The number of anilines is 2. The van der Waals surface area contributed by atoms with Crippen LogP contribution in [0.4, 0.5) is 11.4 Å². The van der Waals surface area contributed by atoms with Crippen LogP contribution in [0.25, 0.3) is 0 Å². The number of hydrogen-bond donors (Lipinski definition) is 4. The fourth-order valence-corrected chi connectivity index (χ4v) is 2.01. The van der Waals surface area contributed by atoms with Crippen LogP contribution in [-0.2, 0) is 4.79 Å². The highest BCUT2D eigenvalue weighted by atomic mass is 35.5. The Morgan fingerprint density at radius 1 is 1.00 bits per heavy atom. The number of benzene rings is 2. The second-order valence-electron chi connectivity index (χ2n) is 4.85. The molecule has 0 aromatic heterocycles. The van der Waals surface area contributed by atoms with Gasteiger partial charge in [0.2, 0.25) is 0 Å². The average Bonchev–Trinajstić information content (AvgIpc) is 2.54. The zero-order valence-electron chi connectivity index (χ0n) is 12.5. The van der Waals surface area contributed by atoms with Crippen LogP contribution in [0.3, 0.4) is 0 Å². The summed E-state index contributed by atoms with van der Waals surface area (Å²) in [5, 5.41) is 6.88. The van der Waals surface area contributed by atoms with Gasteiger partial charge in [-0.3, -0.25) is 15.6 Å². The van der Waals surface area contributed by atoms with E-state index in [2.05, 4.69) is 21.5 Å². The van der Waals surface area contributed by atoms with Crippen LogP contribution in [0.2, 0.25) is 5.02 Å². The predicted octanol–water partition coefficient (Wildman–Crippen LogP) is 3.08. The van der Waals surface area contributed by atoms with E-state index >= 15 is 0 Å². The molecule has 0 fully saturated rings. The number of hydrazine groups is 1. The number of rotatable bonds is 4. The Bertz CT molecular complexity index is 673. The van der Waals surface area contributed by atoms with E-state index in [0.29, 0.717) is 5.02 Å². The molecule has 2 aromatic carbocycles. The SMILES string of the molecule is Cc1ccc(NCC(=O)NNC(=S)Nc2ccc(Cl)cc2)cc1. The van der Waals surface area contributed by atoms with Gasteiger partial charge in [-0.15, -0.1) is 0 Å². The van der Waals surface area contributed by atoms with Crippen molar-refractivity contribution in [2.45, 2.75) is 6.92 Å². The van der Waals surface area contributed by atoms with Gasteiger partial charge in [0.1, 0.15) is 0 Å². The van der Waals surface area contributed by atoms with E-state index in [4.69, 9.17) is 23.8 Å². The Kier molecular flexibility index (Phi) is 6.19. The third-order valence-corrected chi connectivity index (χ3v) is 3.38. The first-order chi connectivity index (χ1) is 11.0. The number of carbonyl (C=O) groups excluding carboxylic acids is 1. The zero-order chi connectivity index (χ0) is 16.7. The number of hydrogen-bond acceptors (Lipinski definition) is 3. The van der Waals surface area contributed by atoms with E-state index in [1.807, 2.05) is 31.2 Å². The molecule has 0 radical (unpaired) electrons. The predicted molar refractivity (Wildman–Crippen MR) is 98.6 cm³/mol. The van der Waals surface area contributed by atoms with Gasteiger partial charge in [0.25, 0.3) is 5.91 Å². The van der Waals surface area contributed by atoms with Crippen LogP contribution >= 0.6 is 23.8 Å². The van der Waals surface area contributed by atoms with Crippen LogP contribution in [0.1, 0.15) is 5.56 Å². The summed E-state index contributed by atoms with van der Waals surface area (Å²) in [6, 6.07) is 14.9. The van der Waals surface area contributed by atoms with Crippen LogP contribution in [-0.4, -0.2) is 17.6 Å². The minimum atomic E-state index is -0.231. The second-order valence-corrected chi connectivity index (χ2v) is 5.70. The first-order valence-corrected chi connectivity index (χ1v) is 7.73. The molecule has 23 heavy (non-hydrogen) atoms. The standard InChI is InChI=1S/C16H17ClN4OS/c1-11-2-6-13(7-3-11)18-10-15(22)20-21-16(23)19-14-8-4-12(17)5-9-14/h2-9,18H,10H2,1H3,(H,20,22)(H2,19,21,23). The van der Waals surface area contributed by atoms with Crippen molar-refractivity contribution in [1.29, 1.82) is 0 Å². The van der Waals surface area contributed by atoms with Crippen molar-refractivity contribution in [3.8, 4) is 0 Å². The molecule has 2 rings (SSSR count). The zero-order valence-corrected chi connectivity index (χ0v) is 14.1. The molecule has 0 saturated heterocycles. The van der Waals surface area contributed by atoms with Crippen molar-refractivity contribution in [3.05, 3.63) is 59.1 Å². The Labute approximate surface area is 145 Å². The summed E-state index contributed by atoms with van der Waals surface area (Å²) in [7, 11) is 0. The molecule has 7 heteroatoms. The van der Waals surface area contributed by atoms with Crippen molar-refractivity contribution >= 4 is 46.2 Å². The molecule has 0 bridgehead atoms. The maximum Gasteiger partial charge on any atom is 0.257 e. The molecule has 0 unspecified atom stereocenters. The molecule has 0 spiro atoms. The minimum absolute atomic E-state index is 0.139. The van der Waals surface area contributed by atoms with Gasteiger partial charge in [0.05, 0.1) is 6.54 Å². The number of nitrogens with one attached hydrogen (secondary N) is 4. The molecule has 2 aromatic rings. The highest BCUT2D eigenvalue weighted by molar-refractivity contribution is 7.80. The van der Waals surface area contributed by atoms with Gasteiger partial charge in [-0.25, -0.2) is 0 Å². The monoisotopic (exact) mass is 348 g/mol. The average molecular weight is 349 g/mol. The van der Waals surface area contributed by atoms with Crippen molar-refractivity contribution in [3.63, 3.8) is 0 Å². The lowest BCUT2D eigenvalue weighted by atomic mass is 10.2. The van der Waals surface area contributed by atoms with Gasteiger partial charge in [0.15, 0.2) is 5.11 Å². The number of halogens is 1. The van der Waals surface area contributed by atoms with Crippen LogP contribution in [0.5, 0.6) is 0 Å². The molecule has 0 atom stereocenters. The number of amides is 1. The lowest BCUT2D eigenvalue weighted by Gasteiger charge is -2.12. The van der Waals surface area contributed by atoms with Crippen LogP contribution in [0.15, 0.2) is 48.5 Å². The summed E-state index contributed by atoms with van der Waals surface area (Å²) in [5.74, 6) is -0.231. The molecular formula is C16H17ClN4OS. The highest BCUT2D eigenvalue weighted by Crippen LogP contribution is 2.13. The number of carbonyl (C=O) groups is 1. The smallest absolute Gasteiger partial charge is 0.257 e. The van der Waals surface area contributed by atoms with E-state index in [9.17, 15) is 4.79 Å². The molecule has 0 aliphatic heterocycles. The number of thiocarbonyl (C=S) groups is 1. The second kappa shape index (κ2) is 8.36. The largest absolute Gasteiger partial charge is 0.376 e. The maximum absolute atomic E-state index is 11.7. The van der Waals surface area contributed by atoms with Crippen molar-refractivity contribution in [2.75, 3.05) is 17.2 Å². The molecule has 1 amide bonds. The molecule has 0 aliphatic carbocycles. The van der Waals surface area contributed by atoms with Gasteiger partial charge in [-0.2, -0.15) is 0 Å². The van der Waals surface area contributed by atoms with E-state index in [0.717, 1.165) is 11.4 Å². The normalized spacial score (nSPS) is 9.83. The van der Waals surface area contributed by atoms with Crippen molar-refractivity contribution in [2.24, 2.45) is 0 Å². The minimum Gasteiger partial charge on any atom is -0.376 e. The summed E-state index contributed by atoms with van der Waals surface area (Å²) >= 11 is 10.9. The van der Waals surface area contributed by atoms with Gasteiger partial charge >= 0.3 is 0 Å². The molecule has 0 heterocycles. The molecule has 120 valence electrons. The Hall–Kier alpha value is -2.31. The lowest BCUT2D eigenvalue weighted by Crippen LogP contribution is -2.45. The topological polar surface area (TPSA) is 65.2 Å². The lowest BCUT2D eigenvalue weighted by molar-refractivity contribution is -0.119. The molecule has 0 aliphatic rings. The van der Waals surface area contributed by atoms with E-state index in [1.165, 1.54) is 5.56 Å². The van der Waals surface area contributed by atoms with E-state index in [1.54, 1.807) is 24.3 Å². The van der Waals surface area contributed by atoms with Gasteiger partial charge in [-0.1, -0.05) is 29.3 Å². The Morgan fingerprint density at radius 3 is 2.26 bits per heavy atom. The summed E-state index contributed by atoms with van der Waals surface area (Å²) in [5.41, 5.74) is 7.98. The summed E-state index contributed by atoms with van der Waals surface area (Å²) in [6.07, 6.45) is 0. The third kappa shape index (κ3) is 6.14. The summed E-state index contributed by atoms with van der Waals surface area (Å²) in [6.45, 7) is 2.15. The molecular weight excluding hydrogens is 332 g/mol. The van der Waals surface area contributed by atoms with Gasteiger partial charge in [-0.05, 0) is 55.5 Å². The first-order valence-electron chi connectivity index (χ1n) is 6.95. The maximum atomic E-state index is 11.7. The fourth-order valence-electron chi connectivity index (χ4n) is 1.72. The van der Waals surface area contributed by atoms with Gasteiger partial charge < -0.3 is 10.6 Å².